The molecule has 2 fully saturated rings. The highest BCUT2D eigenvalue weighted by Gasteiger charge is 2.67. The van der Waals surface area contributed by atoms with Crippen LogP contribution in [0.15, 0.2) is 14.6 Å². The number of halogens is 2. The lowest BCUT2D eigenvalue weighted by Gasteiger charge is -2.49. The minimum Gasteiger partial charge on any atom is -0.465 e. The number of aromatic amines is 1. The molecule has 2 aromatic rings. The van der Waals surface area contributed by atoms with Gasteiger partial charge in [0.2, 0.25) is 0 Å². The zero-order chi connectivity index (χ0) is 19.0. The fourth-order valence-electron chi connectivity index (χ4n) is 4.71. The van der Waals surface area contributed by atoms with Crippen LogP contribution in [0.25, 0.3) is 10.2 Å². The first-order chi connectivity index (χ1) is 12.0. The van der Waals surface area contributed by atoms with Gasteiger partial charge in [-0.15, -0.1) is 11.3 Å². The highest BCUT2D eigenvalue weighted by molar-refractivity contribution is 9.11. The van der Waals surface area contributed by atoms with Gasteiger partial charge in [0.15, 0.2) is 0 Å². The van der Waals surface area contributed by atoms with Crippen LogP contribution in [-0.4, -0.2) is 37.8 Å². The van der Waals surface area contributed by atoms with Gasteiger partial charge in [-0.25, -0.2) is 14.2 Å². The molecular weight excluding hydrogens is 425 g/mol. The Labute approximate surface area is 161 Å². The second kappa shape index (κ2) is 5.51. The number of nitrogens with one attached hydrogen (secondary N) is 1. The monoisotopic (exact) mass is 443 g/mol. The zero-order valence-electron chi connectivity index (χ0n) is 14.5. The molecule has 0 unspecified atom stereocenters. The summed E-state index contributed by atoms with van der Waals surface area (Å²) in [6.45, 7) is 5.82. The fourth-order valence-corrected chi connectivity index (χ4v) is 6.13. The standard InChI is InChI=1S/C17H19BrFN3O3S/c1-16(2,3)17-5-7(8(19)6-17)11(22(17)15(24)25)13-20-9-4-10(18)26-12(9)14(23)21-13/h4,7-8,11H,5-6H2,1-3H3,(H,24,25)(H,20,21,23)/t7-,8+,11-,17+/m0/s1. The molecule has 1 saturated carbocycles. The molecule has 2 aliphatic rings. The molecule has 9 heteroatoms. The van der Waals surface area contributed by atoms with E-state index in [2.05, 4.69) is 25.9 Å². The Hall–Kier alpha value is -1.48. The number of thiophene rings is 1. The van der Waals surface area contributed by atoms with Gasteiger partial charge >= 0.3 is 6.09 Å². The molecule has 1 amide bonds. The Morgan fingerprint density at radius 1 is 1.50 bits per heavy atom. The van der Waals surface area contributed by atoms with E-state index in [1.807, 2.05) is 20.8 Å². The van der Waals surface area contributed by atoms with Crippen LogP contribution in [-0.2, 0) is 0 Å². The van der Waals surface area contributed by atoms with Gasteiger partial charge in [-0.2, -0.15) is 0 Å². The quantitative estimate of drug-likeness (QED) is 0.686. The minimum absolute atomic E-state index is 0.181. The number of fused-ring (bicyclic) bond motifs is 3. The van der Waals surface area contributed by atoms with Crippen LogP contribution in [0.2, 0.25) is 0 Å². The SMILES string of the molecule is CC(C)(C)[C@@]12C[C@@H]([C@H](F)C1)[C@@H](c1nc3cc(Br)sc3c(=O)[nH]1)N2C(=O)O. The number of carbonyl (C=O) groups is 1. The number of hydrogen-bond donors (Lipinski definition) is 2. The molecule has 2 N–H and O–H groups in total. The number of amides is 1. The second-order valence-corrected chi connectivity index (χ2v) is 10.6. The molecule has 2 aromatic heterocycles. The molecule has 1 saturated heterocycles. The summed E-state index contributed by atoms with van der Waals surface area (Å²) in [5.41, 5.74) is -1.08. The molecule has 26 heavy (non-hydrogen) atoms. The molecule has 6 nitrogen and oxygen atoms in total. The summed E-state index contributed by atoms with van der Waals surface area (Å²) in [5, 5.41) is 9.95. The van der Waals surface area contributed by atoms with Crippen molar-refractivity contribution < 1.29 is 14.3 Å². The summed E-state index contributed by atoms with van der Waals surface area (Å²) in [7, 11) is 0. The van der Waals surface area contributed by atoms with E-state index in [0.29, 0.717) is 16.6 Å². The first kappa shape index (κ1) is 17.9. The van der Waals surface area contributed by atoms with Crippen LogP contribution in [0, 0.1) is 11.3 Å². The third-order valence-electron chi connectivity index (χ3n) is 5.97. The highest BCUT2D eigenvalue weighted by atomic mass is 79.9. The Bertz CT molecular complexity index is 968. The average Bonchev–Trinajstić information content (AvgIpc) is 3.15. The average molecular weight is 444 g/mol. The van der Waals surface area contributed by atoms with Gasteiger partial charge in [0.1, 0.15) is 16.7 Å². The van der Waals surface area contributed by atoms with Gasteiger partial charge in [0, 0.05) is 12.3 Å². The highest BCUT2D eigenvalue weighted by Crippen LogP contribution is 2.62. The van der Waals surface area contributed by atoms with E-state index in [-0.39, 0.29) is 17.8 Å². The third-order valence-corrected chi connectivity index (χ3v) is 7.59. The lowest BCUT2D eigenvalue weighted by atomic mass is 9.72. The molecule has 4 rings (SSSR count). The molecule has 4 atom stereocenters. The molecule has 0 radical (unpaired) electrons. The van der Waals surface area contributed by atoms with Gasteiger partial charge in [-0.3, -0.25) is 9.69 Å². The summed E-state index contributed by atoms with van der Waals surface area (Å²) in [6, 6.07) is 0.940. The largest absolute Gasteiger partial charge is 0.465 e. The molecule has 140 valence electrons. The Kier molecular flexibility index (Phi) is 3.80. The van der Waals surface area contributed by atoms with E-state index in [4.69, 9.17) is 0 Å². The number of carboxylic acid groups (broad SMARTS) is 1. The molecule has 3 heterocycles. The van der Waals surface area contributed by atoms with E-state index >= 15 is 0 Å². The van der Waals surface area contributed by atoms with E-state index < -0.39 is 35.2 Å². The zero-order valence-corrected chi connectivity index (χ0v) is 16.9. The summed E-state index contributed by atoms with van der Waals surface area (Å²) in [4.78, 5) is 33.2. The number of likely N-dealkylation sites (tertiary alicyclic amines) is 1. The molecule has 1 aliphatic heterocycles. The maximum atomic E-state index is 14.8. The number of H-pyrrole nitrogens is 1. The fraction of sp³-hybridized carbons (Fsp3) is 0.588. The second-order valence-electron chi connectivity index (χ2n) is 8.18. The Morgan fingerprint density at radius 2 is 2.19 bits per heavy atom. The van der Waals surface area contributed by atoms with Crippen molar-refractivity contribution in [3.63, 3.8) is 0 Å². The van der Waals surface area contributed by atoms with Gasteiger partial charge in [0.05, 0.1) is 20.9 Å². The van der Waals surface area contributed by atoms with Crippen molar-refractivity contribution >= 4 is 43.6 Å². The number of nitrogens with zero attached hydrogens (tertiary/aromatic N) is 2. The van der Waals surface area contributed by atoms with Crippen molar-refractivity contribution in [2.24, 2.45) is 11.3 Å². The van der Waals surface area contributed by atoms with Crippen molar-refractivity contribution in [3.8, 4) is 0 Å². The van der Waals surface area contributed by atoms with Crippen LogP contribution in [0.1, 0.15) is 45.5 Å². The summed E-state index contributed by atoms with van der Waals surface area (Å²) in [6.07, 6.45) is -1.61. The van der Waals surface area contributed by atoms with E-state index in [9.17, 15) is 19.1 Å². The molecule has 0 spiro atoms. The van der Waals surface area contributed by atoms with E-state index in [1.54, 1.807) is 6.07 Å². The molecule has 0 aromatic carbocycles. The lowest BCUT2D eigenvalue weighted by molar-refractivity contribution is -0.0239. The van der Waals surface area contributed by atoms with E-state index in [1.165, 1.54) is 16.2 Å². The van der Waals surface area contributed by atoms with E-state index in [0.717, 1.165) is 3.79 Å². The normalized spacial score (nSPS) is 31.1. The number of rotatable bonds is 1. The first-order valence-electron chi connectivity index (χ1n) is 8.41. The number of piperidine rings is 1. The van der Waals surface area contributed by atoms with Crippen LogP contribution in [0.5, 0.6) is 0 Å². The van der Waals surface area contributed by atoms with Gasteiger partial charge in [0.25, 0.3) is 5.56 Å². The van der Waals surface area contributed by atoms with Gasteiger partial charge < -0.3 is 10.1 Å². The minimum atomic E-state index is -1.12. The maximum absolute atomic E-state index is 14.8. The van der Waals surface area contributed by atoms with Crippen LogP contribution in [0.4, 0.5) is 9.18 Å². The summed E-state index contributed by atoms with van der Waals surface area (Å²) < 4.78 is 16.1. The predicted molar refractivity (Wildman–Crippen MR) is 100 cm³/mol. The number of alkyl halides is 1. The van der Waals surface area contributed by atoms with Crippen LogP contribution >= 0.6 is 27.3 Å². The molecular formula is C17H19BrFN3O3S. The molecule has 1 aliphatic carbocycles. The smallest absolute Gasteiger partial charge is 0.408 e. The first-order valence-corrected chi connectivity index (χ1v) is 10.0. The summed E-state index contributed by atoms with van der Waals surface area (Å²) in [5.74, 6) is -0.276. The van der Waals surface area contributed by atoms with Gasteiger partial charge in [-0.1, -0.05) is 20.8 Å². The van der Waals surface area contributed by atoms with Crippen molar-refractivity contribution in [3.05, 3.63) is 26.0 Å². The summed E-state index contributed by atoms with van der Waals surface area (Å²) >= 11 is 4.60. The van der Waals surface area contributed by atoms with Crippen LogP contribution in [0.3, 0.4) is 0 Å². The van der Waals surface area contributed by atoms with Crippen molar-refractivity contribution in [2.75, 3.05) is 0 Å². The van der Waals surface area contributed by atoms with Crippen molar-refractivity contribution in [2.45, 2.75) is 51.4 Å². The third kappa shape index (κ3) is 2.29. The lowest BCUT2D eigenvalue weighted by Crippen LogP contribution is -2.58. The van der Waals surface area contributed by atoms with Crippen molar-refractivity contribution in [1.29, 1.82) is 0 Å². The topological polar surface area (TPSA) is 86.3 Å². The van der Waals surface area contributed by atoms with Gasteiger partial charge in [-0.05, 0) is 33.8 Å². The molecule has 2 bridgehead atoms. The number of hydrogen-bond acceptors (Lipinski definition) is 4. The number of aromatic nitrogens is 2. The Balaban J connectivity index is 1.91. The Morgan fingerprint density at radius 3 is 2.81 bits per heavy atom. The van der Waals surface area contributed by atoms with Crippen LogP contribution < -0.4 is 5.56 Å². The van der Waals surface area contributed by atoms with Crippen molar-refractivity contribution in [1.82, 2.24) is 14.9 Å². The maximum Gasteiger partial charge on any atom is 0.408 e. The predicted octanol–water partition coefficient (Wildman–Crippen LogP) is 4.31.